The molecule has 0 unspecified atom stereocenters. The van der Waals surface area contributed by atoms with Crippen molar-refractivity contribution in [1.82, 2.24) is 14.5 Å². The summed E-state index contributed by atoms with van der Waals surface area (Å²) in [5, 5.41) is 8.55. The van der Waals surface area contributed by atoms with Crippen molar-refractivity contribution in [2.75, 3.05) is 13.1 Å². The largest absolute Gasteiger partial charge is 0.472 e. The number of rotatable bonds is 4. The molecule has 1 saturated heterocycles. The number of piperidine rings is 1. The summed E-state index contributed by atoms with van der Waals surface area (Å²) in [7, 11) is -3.55. The fourth-order valence-electron chi connectivity index (χ4n) is 3.02. The van der Waals surface area contributed by atoms with E-state index in [4.69, 9.17) is 20.4 Å². The van der Waals surface area contributed by atoms with E-state index >= 15 is 0 Å². The normalized spacial score (nSPS) is 16.8. The molecule has 0 bridgehead atoms. The third-order valence-electron chi connectivity index (χ3n) is 4.45. The molecule has 136 valence electrons. The van der Waals surface area contributed by atoms with Gasteiger partial charge in [0.05, 0.1) is 16.7 Å². The number of benzene rings is 1. The van der Waals surface area contributed by atoms with E-state index in [0.29, 0.717) is 42.7 Å². The van der Waals surface area contributed by atoms with E-state index in [1.54, 1.807) is 30.5 Å². The Labute approximate surface area is 155 Å². The lowest BCUT2D eigenvalue weighted by atomic mass is 9.98. The Hall–Kier alpha value is -2.16. The molecule has 26 heavy (non-hydrogen) atoms. The minimum absolute atomic E-state index is 0.0361. The first-order chi connectivity index (χ1) is 12.5. The zero-order valence-corrected chi connectivity index (χ0v) is 15.3. The maximum Gasteiger partial charge on any atom is 0.250 e. The molecule has 1 aliphatic heterocycles. The fraction of sp³-hybridized carbons (Fsp3) is 0.294. The molecular formula is C17H16ClN3O4S. The lowest BCUT2D eigenvalue weighted by molar-refractivity contribution is 0.291. The van der Waals surface area contributed by atoms with Crippen LogP contribution in [0.5, 0.6) is 0 Å². The molecule has 1 aromatic carbocycles. The van der Waals surface area contributed by atoms with Gasteiger partial charge in [0.1, 0.15) is 6.26 Å². The summed E-state index contributed by atoms with van der Waals surface area (Å²) in [6, 6.07) is 8.07. The first-order valence-corrected chi connectivity index (χ1v) is 9.97. The van der Waals surface area contributed by atoms with E-state index in [0.717, 1.165) is 5.56 Å². The molecule has 1 aliphatic rings. The van der Waals surface area contributed by atoms with Crippen molar-refractivity contribution in [3.63, 3.8) is 0 Å². The Bertz CT molecular complexity index is 993. The molecule has 9 heteroatoms. The second kappa shape index (κ2) is 6.86. The Morgan fingerprint density at radius 1 is 1.15 bits per heavy atom. The van der Waals surface area contributed by atoms with Crippen LogP contribution >= 0.6 is 11.6 Å². The highest BCUT2D eigenvalue weighted by Gasteiger charge is 2.32. The van der Waals surface area contributed by atoms with Gasteiger partial charge < -0.3 is 8.83 Å². The van der Waals surface area contributed by atoms with Crippen LogP contribution in [0.1, 0.15) is 24.7 Å². The van der Waals surface area contributed by atoms with Gasteiger partial charge in [0.25, 0.3) is 5.89 Å². The third kappa shape index (κ3) is 3.27. The molecule has 1 fully saturated rings. The van der Waals surface area contributed by atoms with Gasteiger partial charge in [-0.15, -0.1) is 10.2 Å². The van der Waals surface area contributed by atoms with Gasteiger partial charge >= 0.3 is 0 Å². The van der Waals surface area contributed by atoms with Gasteiger partial charge in [-0.2, -0.15) is 4.31 Å². The van der Waals surface area contributed by atoms with Gasteiger partial charge in [-0.25, -0.2) is 8.42 Å². The van der Waals surface area contributed by atoms with E-state index < -0.39 is 10.0 Å². The van der Waals surface area contributed by atoms with Gasteiger partial charge in [-0.05, 0) is 37.1 Å². The summed E-state index contributed by atoms with van der Waals surface area (Å²) in [4.78, 5) is 0.212. The maximum absolute atomic E-state index is 12.7. The third-order valence-corrected chi connectivity index (χ3v) is 6.58. The minimum atomic E-state index is -3.55. The van der Waals surface area contributed by atoms with Crippen LogP contribution in [0.4, 0.5) is 0 Å². The van der Waals surface area contributed by atoms with Crippen molar-refractivity contribution < 1.29 is 17.3 Å². The number of furan rings is 1. The SMILES string of the molecule is O=S(=O)(c1cccc(Cl)c1)N1CCC(c2nnc(-c3ccoc3)o2)CC1. The van der Waals surface area contributed by atoms with Crippen LogP contribution in [0.15, 0.2) is 56.6 Å². The minimum Gasteiger partial charge on any atom is -0.472 e. The predicted molar refractivity (Wildman–Crippen MR) is 94.2 cm³/mol. The Kier molecular flexibility index (Phi) is 4.56. The van der Waals surface area contributed by atoms with Gasteiger partial charge in [0.15, 0.2) is 0 Å². The molecule has 0 spiro atoms. The molecule has 3 aromatic rings. The smallest absolute Gasteiger partial charge is 0.250 e. The topological polar surface area (TPSA) is 89.4 Å². The first kappa shape index (κ1) is 17.3. The van der Waals surface area contributed by atoms with Crippen LogP contribution in [0.2, 0.25) is 5.02 Å². The number of hydrogen-bond donors (Lipinski definition) is 0. The van der Waals surface area contributed by atoms with Crippen LogP contribution in [-0.2, 0) is 10.0 Å². The highest BCUT2D eigenvalue weighted by atomic mass is 35.5. The van der Waals surface area contributed by atoms with Crippen molar-refractivity contribution >= 4 is 21.6 Å². The molecule has 7 nitrogen and oxygen atoms in total. The standard InChI is InChI=1S/C17H16ClN3O4S/c18-14-2-1-3-15(10-14)26(22,23)21-7-4-12(5-8-21)16-19-20-17(25-16)13-6-9-24-11-13/h1-3,6,9-12H,4-5,7-8H2. The van der Waals surface area contributed by atoms with E-state index in [9.17, 15) is 8.42 Å². The first-order valence-electron chi connectivity index (χ1n) is 8.16. The quantitative estimate of drug-likeness (QED) is 0.673. The zero-order valence-electron chi connectivity index (χ0n) is 13.7. The van der Waals surface area contributed by atoms with Gasteiger partial charge in [-0.3, -0.25) is 0 Å². The molecule has 0 atom stereocenters. The Balaban J connectivity index is 1.46. The summed E-state index contributed by atoms with van der Waals surface area (Å²) in [5.41, 5.74) is 0.727. The molecule has 4 rings (SSSR count). The second-order valence-electron chi connectivity index (χ2n) is 6.09. The molecular weight excluding hydrogens is 378 g/mol. The molecule has 0 aliphatic carbocycles. The van der Waals surface area contributed by atoms with Crippen LogP contribution in [0.25, 0.3) is 11.5 Å². The molecule has 0 saturated carbocycles. The summed E-state index contributed by atoms with van der Waals surface area (Å²) in [6.07, 6.45) is 4.31. The Morgan fingerprint density at radius 2 is 1.96 bits per heavy atom. The number of nitrogens with zero attached hydrogens (tertiary/aromatic N) is 3. The summed E-state index contributed by atoms with van der Waals surface area (Å²) >= 11 is 5.92. The van der Waals surface area contributed by atoms with E-state index in [-0.39, 0.29) is 10.8 Å². The van der Waals surface area contributed by atoms with Crippen molar-refractivity contribution in [2.24, 2.45) is 0 Å². The zero-order chi connectivity index (χ0) is 18.1. The molecule has 3 heterocycles. The summed E-state index contributed by atoms with van der Waals surface area (Å²) in [6.45, 7) is 0.784. The van der Waals surface area contributed by atoms with Gasteiger partial charge in [0.2, 0.25) is 15.9 Å². The molecule has 0 radical (unpaired) electrons. The molecule has 0 N–H and O–H groups in total. The van der Waals surface area contributed by atoms with Crippen LogP contribution in [0, 0.1) is 0 Å². The average Bonchev–Trinajstić information content (AvgIpc) is 3.33. The number of hydrogen-bond acceptors (Lipinski definition) is 6. The van der Waals surface area contributed by atoms with Crippen molar-refractivity contribution in [3.8, 4) is 11.5 Å². The number of halogens is 1. The van der Waals surface area contributed by atoms with E-state index in [1.165, 1.54) is 16.6 Å². The average molecular weight is 394 g/mol. The van der Waals surface area contributed by atoms with E-state index in [1.807, 2.05) is 0 Å². The predicted octanol–water partition coefficient (Wildman–Crippen LogP) is 3.55. The van der Waals surface area contributed by atoms with Crippen molar-refractivity contribution in [3.05, 3.63) is 53.8 Å². The molecule has 2 aromatic heterocycles. The molecule has 0 amide bonds. The van der Waals surface area contributed by atoms with E-state index in [2.05, 4.69) is 10.2 Å². The maximum atomic E-state index is 12.7. The summed E-state index contributed by atoms with van der Waals surface area (Å²) < 4.78 is 37.7. The van der Waals surface area contributed by atoms with Crippen LogP contribution in [0.3, 0.4) is 0 Å². The van der Waals surface area contributed by atoms with Crippen LogP contribution < -0.4 is 0 Å². The van der Waals surface area contributed by atoms with Crippen LogP contribution in [-0.4, -0.2) is 36.0 Å². The summed E-state index contributed by atoms with van der Waals surface area (Å²) in [5.74, 6) is 0.970. The highest BCUT2D eigenvalue weighted by molar-refractivity contribution is 7.89. The highest BCUT2D eigenvalue weighted by Crippen LogP contribution is 2.32. The van der Waals surface area contributed by atoms with Crippen molar-refractivity contribution in [2.45, 2.75) is 23.7 Å². The second-order valence-corrected chi connectivity index (χ2v) is 8.47. The van der Waals surface area contributed by atoms with Gasteiger partial charge in [0, 0.05) is 24.0 Å². The fourth-order valence-corrected chi connectivity index (χ4v) is 4.79. The lowest BCUT2D eigenvalue weighted by Crippen LogP contribution is -2.37. The number of sulfonamides is 1. The van der Waals surface area contributed by atoms with Gasteiger partial charge in [-0.1, -0.05) is 17.7 Å². The lowest BCUT2D eigenvalue weighted by Gasteiger charge is -2.29. The number of aromatic nitrogens is 2. The van der Waals surface area contributed by atoms with Crippen molar-refractivity contribution in [1.29, 1.82) is 0 Å². The monoisotopic (exact) mass is 393 g/mol. The Morgan fingerprint density at radius 3 is 2.65 bits per heavy atom.